The fraction of sp³-hybridized carbons (Fsp3) is 0.333. The summed E-state index contributed by atoms with van der Waals surface area (Å²) in [7, 11) is 1.61. The van der Waals surface area contributed by atoms with Gasteiger partial charge in [-0.1, -0.05) is 17.7 Å². The maximum atomic E-state index is 12.6. The first-order valence-electron chi connectivity index (χ1n) is 8.92. The van der Waals surface area contributed by atoms with Crippen LogP contribution in [0.25, 0.3) is 11.8 Å². The minimum atomic E-state index is -0.221. The number of ether oxygens (including phenoxy) is 1. The quantitative estimate of drug-likeness (QED) is 0.544. The lowest BCUT2D eigenvalue weighted by Gasteiger charge is -2.11. The molecule has 2 aromatic rings. The number of aromatic nitrogens is 1. The molecule has 1 fully saturated rings. The van der Waals surface area contributed by atoms with Crippen LogP contribution in [-0.4, -0.2) is 40.9 Å². The third kappa shape index (κ3) is 4.01. The van der Waals surface area contributed by atoms with E-state index >= 15 is 0 Å². The van der Waals surface area contributed by atoms with Gasteiger partial charge in [-0.3, -0.25) is 14.5 Å². The van der Waals surface area contributed by atoms with Crippen molar-refractivity contribution in [2.45, 2.75) is 27.2 Å². The zero-order chi connectivity index (χ0) is 19.6. The van der Waals surface area contributed by atoms with E-state index in [1.807, 2.05) is 26.0 Å². The lowest BCUT2D eigenvalue weighted by atomic mass is 10.2. The normalized spacial score (nSPS) is 16.0. The van der Waals surface area contributed by atoms with E-state index in [1.54, 1.807) is 7.11 Å². The van der Waals surface area contributed by atoms with Gasteiger partial charge >= 0.3 is 0 Å². The highest BCUT2D eigenvalue weighted by atomic mass is 32.2. The molecular weight excluding hydrogens is 360 g/mol. The van der Waals surface area contributed by atoms with Gasteiger partial charge in [0.1, 0.15) is 0 Å². The molecule has 0 bridgehead atoms. The van der Waals surface area contributed by atoms with Crippen molar-refractivity contribution in [1.82, 2.24) is 9.47 Å². The van der Waals surface area contributed by atoms with Gasteiger partial charge in [0.15, 0.2) is 0 Å². The van der Waals surface area contributed by atoms with Gasteiger partial charge in [0.25, 0.3) is 11.1 Å². The summed E-state index contributed by atoms with van der Waals surface area (Å²) in [6.07, 6.45) is 2.47. The number of carbonyl (C=O) groups is 2. The van der Waals surface area contributed by atoms with Gasteiger partial charge in [0, 0.05) is 37.3 Å². The van der Waals surface area contributed by atoms with E-state index in [9.17, 15) is 9.59 Å². The van der Waals surface area contributed by atoms with Crippen LogP contribution in [0.2, 0.25) is 0 Å². The zero-order valence-corrected chi connectivity index (χ0v) is 16.9. The average molecular weight is 385 g/mol. The predicted octanol–water partition coefficient (Wildman–Crippen LogP) is 4.48. The molecule has 0 unspecified atom stereocenters. The number of amides is 2. The number of hydrogen-bond acceptors (Lipinski definition) is 4. The lowest BCUT2D eigenvalue weighted by molar-refractivity contribution is -0.122. The van der Waals surface area contributed by atoms with Crippen LogP contribution in [0.5, 0.6) is 0 Å². The van der Waals surface area contributed by atoms with Crippen molar-refractivity contribution >= 4 is 29.0 Å². The van der Waals surface area contributed by atoms with Gasteiger partial charge < -0.3 is 9.30 Å². The first-order chi connectivity index (χ1) is 12.9. The molecule has 0 aliphatic carbocycles. The second-order valence-electron chi connectivity index (χ2n) is 6.68. The van der Waals surface area contributed by atoms with Gasteiger partial charge in [-0.15, -0.1) is 0 Å². The first-order valence-corrected chi connectivity index (χ1v) is 9.74. The first kappa shape index (κ1) is 19.5. The minimum Gasteiger partial charge on any atom is -0.385 e. The maximum Gasteiger partial charge on any atom is 0.293 e. The SMILES string of the molecule is COCCCN1C(=O)S/C(=C\c2cc(C)n(-c3ccc(C)cc3)c2C)C1=O. The number of hydrogen-bond donors (Lipinski definition) is 0. The summed E-state index contributed by atoms with van der Waals surface area (Å²) in [6.45, 7) is 7.05. The molecule has 2 heterocycles. The molecule has 5 nitrogen and oxygen atoms in total. The zero-order valence-electron chi connectivity index (χ0n) is 16.1. The summed E-state index contributed by atoms with van der Waals surface area (Å²) in [5.41, 5.74) is 5.38. The summed E-state index contributed by atoms with van der Waals surface area (Å²) >= 11 is 1.00. The molecule has 1 aliphatic rings. The molecular formula is C21H24N2O3S. The number of thioether (sulfide) groups is 1. The number of methoxy groups -OCH3 is 1. The van der Waals surface area contributed by atoms with Crippen molar-refractivity contribution in [2.24, 2.45) is 0 Å². The molecule has 6 heteroatoms. The van der Waals surface area contributed by atoms with Gasteiger partial charge in [-0.05, 0) is 68.8 Å². The number of aryl methyl sites for hydroxylation is 2. The van der Waals surface area contributed by atoms with Gasteiger partial charge in [-0.25, -0.2) is 0 Å². The van der Waals surface area contributed by atoms with E-state index in [1.165, 1.54) is 10.5 Å². The molecule has 0 N–H and O–H groups in total. The summed E-state index contributed by atoms with van der Waals surface area (Å²) in [5, 5.41) is -0.213. The molecule has 1 aromatic heterocycles. The second kappa shape index (κ2) is 8.15. The standard InChI is InChI=1S/C21H24N2O3S/c1-14-6-8-18(9-7-14)23-15(2)12-17(16(23)3)13-19-20(24)22(21(25)27-19)10-5-11-26-4/h6-9,12-13H,5,10-11H2,1-4H3/b19-13-. The van der Waals surface area contributed by atoms with Crippen LogP contribution >= 0.6 is 11.8 Å². The molecule has 3 rings (SSSR count). The monoisotopic (exact) mass is 384 g/mol. The van der Waals surface area contributed by atoms with Crippen LogP contribution in [0, 0.1) is 20.8 Å². The Bertz CT molecular complexity index is 897. The summed E-state index contributed by atoms with van der Waals surface area (Å²) in [5.74, 6) is -0.221. The number of imide groups is 1. The predicted molar refractivity (Wildman–Crippen MR) is 109 cm³/mol. The summed E-state index contributed by atoms with van der Waals surface area (Å²) in [6, 6.07) is 10.4. The van der Waals surface area contributed by atoms with Crippen molar-refractivity contribution in [3.8, 4) is 5.69 Å². The second-order valence-corrected chi connectivity index (χ2v) is 7.67. The van der Waals surface area contributed by atoms with Crippen molar-refractivity contribution in [1.29, 1.82) is 0 Å². The molecule has 0 spiro atoms. The fourth-order valence-corrected chi connectivity index (χ4v) is 4.08. The average Bonchev–Trinajstić information content (AvgIpc) is 3.06. The molecule has 0 atom stereocenters. The molecule has 0 radical (unpaired) electrons. The third-order valence-electron chi connectivity index (χ3n) is 4.65. The van der Waals surface area contributed by atoms with E-state index in [0.29, 0.717) is 24.5 Å². The molecule has 1 aromatic carbocycles. The van der Waals surface area contributed by atoms with Crippen LogP contribution in [0.15, 0.2) is 35.2 Å². The molecule has 1 aliphatic heterocycles. The largest absolute Gasteiger partial charge is 0.385 e. The van der Waals surface area contributed by atoms with Crippen LogP contribution in [0.4, 0.5) is 4.79 Å². The summed E-state index contributed by atoms with van der Waals surface area (Å²) < 4.78 is 7.16. The van der Waals surface area contributed by atoms with E-state index in [4.69, 9.17) is 4.74 Å². The molecule has 27 heavy (non-hydrogen) atoms. The lowest BCUT2D eigenvalue weighted by Crippen LogP contribution is -2.29. The highest BCUT2D eigenvalue weighted by Crippen LogP contribution is 2.33. The Labute approximate surface area is 164 Å². The number of benzene rings is 1. The van der Waals surface area contributed by atoms with Crippen LogP contribution in [0.1, 0.15) is 28.9 Å². The maximum absolute atomic E-state index is 12.6. The molecule has 0 saturated carbocycles. The fourth-order valence-electron chi connectivity index (χ4n) is 3.23. The Balaban J connectivity index is 1.87. The smallest absolute Gasteiger partial charge is 0.293 e. The van der Waals surface area contributed by atoms with Crippen molar-refractivity contribution in [3.05, 3.63) is 57.8 Å². The van der Waals surface area contributed by atoms with Crippen LogP contribution in [0.3, 0.4) is 0 Å². The van der Waals surface area contributed by atoms with Crippen molar-refractivity contribution in [2.75, 3.05) is 20.3 Å². The van der Waals surface area contributed by atoms with Crippen LogP contribution < -0.4 is 0 Å². The minimum absolute atomic E-state index is 0.213. The topological polar surface area (TPSA) is 51.5 Å². The number of rotatable bonds is 6. The Kier molecular flexibility index (Phi) is 5.87. The van der Waals surface area contributed by atoms with Crippen LogP contribution in [-0.2, 0) is 9.53 Å². The van der Waals surface area contributed by atoms with Gasteiger partial charge in [0.2, 0.25) is 0 Å². The molecule has 1 saturated heterocycles. The van der Waals surface area contributed by atoms with E-state index in [0.717, 1.165) is 34.4 Å². The summed E-state index contributed by atoms with van der Waals surface area (Å²) in [4.78, 5) is 26.5. The van der Waals surface area contributed by atoms with E-state index in [-0.39, 0.29) is 11.1 Å². The van der Waals surface area contributed by atoms with Crippen molar-refractivity contribution < 1.29 is 14.3 Å². The molecule has 2 amide bonds. The third-order valence-corrected chi connectivity index (χ3v) is 5.56. The Morgan fingerprint density at radius 2 is 1.81 bits per heavy atom. The Morgan fingerprint density at radius 3 is 2.48 bits per heavy atom. The molecule has 142 valence electrons. The number of carbonyl (C=O) groups excluding carboxylic acids is 2. The highest BCUT2D eigenvalue weighted by Gasteiger charge is 2.34. The van der Waals surface area contributed by atoms with E-state index in [2.05, 4.69) is 35.8 Å². The Hall–Kier alpha value is -2.31. The van der Waals surface area contributed by atoms with E-state index < -0.39 is 0 Å². The number of nitrogens with zero attached hydrogens (tertiary/aromatic N) is 2. The van der Waals surface area contributed by atoms with Crippen molar-refractivity contribution in [3.63, 3.8) is 0 Å². The van der Waals surface area contributed by atoms with Gasteiger partial charge in [0.05, 0.1) is 4.91 Å². The van der Waals surface area contributed by atoms with Gasteiger partial charge in [-0.2, -0.15) is 0 Å². The Morgan fingerprint density at radius 1 is 1.11 bits per heavy atom. The highest BCUT2D eigenvalue weighted by molar-refractivity contribution is 8.18.